The number of carbonyl (C=O) groups excluding carboxylic acids is 1. The lowest BCUT2D eigenvalue weighted by Crippen LogP contribution is -2.39. The average Bonchev–Trinajstić information content (AvgIpc) is 2.37. The van der Waals surface area contributed by atoms with Crippen LogP contribution in [0.4, 0.5) is 4.39 Å². The predicted octanol–water partition coefficient (Wildman–Crippen LogP) is 2.12. The highest BCUT2D eigenvalue weighted by molar-refractivity contribution is 5.95. The second-order valence-electron chi connectivity index (χ2n) is 4.92. The Hall–Kier alpha value is -2.11. The Bertz CT molecular complexity index is 515. The average molecular weight is 281 g/mol. The molecule has 0 heterocycles. The first-order valence-corrected chi connectivity index (χ1v) is 6.40. The third-order valence-electron chi connectivity index (χ3n) is 2.98. The van der Waals surface area contributed by atoms with E-state index in [1.165, 1.54) is 17.0 Å². The summed E-state index contributed by atoms with van der Waals surface area (Å²) in [6.45, 7) is 5.68. The van der Waals surface area contributed by atoms with Gasteiger partial charge in [-0.3, -0.25) is 4.79 Å². The topological polar surface area (TPSA) is 78.9 Å². The third-order valence-corrected chi connectivity index (χ3v) is 2.98. The van der Waals surface area contributed by atoms with Crippen molar-refractivity contribution in [1.82, 2.24) is 4.90 Å². The number of oxime groups is 1. The number of halogens is 1. The third kappa shape index (κ3) is 3.94. The van der Waals surface area contributed by atoms with Gasteiger partial charge in [0.05, 0.1) is 5.56 Å². The molecule has 0 saturated carbocycles. The molecule has 0 aliphatic carbocycles. The van der Waals surface area contributed by atoms with E-state index in [0.717, 1.165) is 5.56 Å². The summed E-state index contributed by atoms with van der Waals surface area (Å²) in [5.41, 5.74) is 6.19. The molecule has 0 bridgehead atoms. The zero-order chi connectivity index (χ0) is 15.3. The number of rotatable bonds is 5. The van der Waals surface area contributed by atoms with Crippen molar-refractivity contribution >= 4 is 11.7 Å². The van der Waals surface area contributed by atoms with Crippen molar-refractivity contribution in [2.24, 2.45) is 10.9 Å². The Labute approximate surface area is 117 Å². The quantitative estimate of drug-likeness (QED) is 0.375. The molecule has 0 unspecified atom stereocenters. The molecule has 0 spiro atoms. The van der Waals surface area contributed by atoms with Crippen LogP contribution in [0.15, 0.2) is 23.4 Å². The highest BCUT2D eigenvalue weighted by Crippen LogP contribution is 2.14. The van der Waals surface area contributed by atoms with Crippen molar-refractivity contribution in [3.8, 4) is 0 Å². The van der Waals surface area contributed by atoms with E-state index in [-0.39, 0.29) is 30.4 Å². The summed E-state index contributed by atoms with van der Waals surface area (Å²) >= 11 is 0. The first-order valence-electron chi connectivity index (χ1n) is 6.40. The predicted molar refractivity (Wildman–Crippen MR) is 75.3 cm³/mol. The fourth-order valence-corrected chi connectivity index (χ4v) is 1.83. The molecule has 1 amide bonds. The zero-order valence-corrected chi connectivity index (χ0v) is 11.9. The van der Waals surface area contributed by atoms with Crippen molar-refractivity contribution in [2.75, 3.05) is 6.54 Å². The summed E-state index contributed by atoms with van der Waals surface area (Å²) in [4.78, 5) is 13.9. The first-order chi connectivity index (χ1) is 9.36. The number of aryl methyl sites for hydroxylation is 1. The second-order valence-corrected chi connectivity index (χ2v) is 4.92. The Morgan fingerprint density at radius 2 is 2.15 bits per heavy atom. The molecule has 0 saturated heterocycles. The van der Waals surface area contributed by atoms with Crippen LogP contribution in [0.2, 0.25) is 0 Å². The Kier molecular flexibility index (Phi) is 5.49. The van der Waals surface area contributed by atoms with Crippen LogP contribution in [-0.4, -0.2) is 34.4 Å². The summed E-state index contributed by atoms with van der Waals surface area (Å²) in [6.07, 6.45) is 0.230. The summed E-state index contributed by atoms with van der Waals surface area (Å²) < 4.78 is 13.9. The molecule has 0 aliphatic rings. The molecule has 0 aliphatic heterocycles. The van der Waals surface area contributed by atoms with Gasteiger partial charge < -0.3 is 15.8 Å². The highest BCUT2D eigenvalue weighted by atomic mass is 19.1. The van der Waals surface area contributed by atoms with Crippen molar-refractivity contribution < 1.29 is 14.4 Å². The van der Waals surface area contributed by atoms with Gasteiger partial charge in [-0.2, -0.15) is 0 Å². The Morgan fingerprint density at radius 1 is 1.50 bits per heavy atom. The SMILES string of the molecule is Cc1ccc(C(=O)N(CC/C(N)=N/O)C(C)C)c(F)c1. The van der Waals surface area contributed by atoms with Crippen LogP contribution in [0.3, 0.4) is 0 Å². The van der Waals surface area contributed by atoms with E-state index in [4.69, 9.17) is 10.9 Å². The first kappa shape index (κ1) is 15.9. The minimum Gasteiger partial charge on any atom is -0.409 e. The molecule has 3 N–H and O–H groups in total. The van der Waals surface area contributed by atoms with Crippen molar-refractivity contribution in [3.05, 3.63) is 35.1 Å². The van der Waals surface area contributed by atoms with Gasteiger partial charge in [-0.25, -0.2) is 4.39 Å². The molecule has 5 nitrogen and oxygen atoms in total. The molecule has 110 valence electrons. The molecule has 1 rings (SSSR count). The van der Waals surface area contributed by atoms with Crippen LogP contribution >= 0.6 is 0 Å². The molecule has 0 radical (unpaired) electrons. The van der Waals surface area contributed by atoms with Gasteiger partial charge in [0, 0.05) is 19.0 Å². The molecule has 0 atom stereocenters. The van der Waals surface area contributed by atoms with Gasteiger partial charge in [0.1, 0.15) is 11.7 Å². The number of nitrogens with zero attached hydrogens (tertiary/aromatic N) is 2. The van der Waals surface area contributed by atoms with Crippen LogP contribution in [-0.2, 0) is 0 Å². The maximum Gasteiger partial charge on any atom is 0.257 e. The van der Waals surface area contributed by atoms with Crippen LogP contribution in [0, 0.1) is 12.7 Å². The lowest BCUT2D eigenvalue weighted by molar-refractivity contribution is 0.0706. The smallest absolute Gasteiger partial charge is 0.257 e. The number of carbonyl (C=O) groups is 1. The lowest BCUT2D eigenvalue weighted by Gasteiger charge is -2.26. The van der Waals surface area contributed by atoms with Crippen LogP contribution in [0.25, 0.3) is 0 Å². The maximum absolute atomic E-state index is 13.9. The normalized spacial score (nSPS) is 11.8. The molecular formula is C14H20FN3O2. The van der Waals surface area contributed by atoms with Gasteiger partial charge in [0.25, 0.3) is 5.91 Å². The highest BCUT2D eigenvalue weighted by Gasteiger charge is 2.21. The number of benzene rings is 1. The van der Waals surface area contributed by atoms with Gasteiger partial charge >= 0.3 is 0 Å². The summed E-state index contributed by atoms with van der Waals surface area (Å²) in [6, 6.07) is 4.38. The van der Waals surface area contributed by atoms with E-state index in [9.17, 15) is 9.18 Å². The number of amides is 1. The monoisotopic (exact) mass is 281 g/mol. The van der Waals surface area contributed by atoms with E-state index >= 15 is 0 Å². The molecule has 1 aromatic rings. The van der Waals surface area contributed by atoms with E-state index < -0.39 is 11.7 Å². The van der Waals surface area contributed by atoms with E-state index in [2.05, 4.69) is 5.16 Å². The largest absolute Gasteiger partial charge is 0.409 e. The number of nitrogens with two attached hydrogens (primary N) is 1. The Morgan fingerprint density at radius 3 is 2.65 bits per heavy atom. The second kappa shape index (κ2) is 6.88. The van der Waals surface area contributed by atoms with E-state index in [1.54, 1.807) is 13.0 Å². The van der Waals surface area contributed by atoms with Gasteiger partial charge in [-0.05, 0) is 38.5 Å². The fourth-order valence-electron chi connectivity index (χ4n) is 1.83. The standard InChI is InChI=1S/C14H20FN3O2/c1-9(2)18(7-6-13(16)17-20)14(19)11-5-4-10(3)8-12(11)15/h4-5,8-9,20H,6-7H2,1-3H3,(H2,16,17). The van der Waals surface area contributed by atoms with Gasteiger partial charge in [0.15, 0.2) is 0 Å². The number of hydrogen-bond acceptors (Lipinski definition) is 3. The number of amidine groups is 1. The van der Waals surface area contributed by atoms with Crippen molar-refractivity contribution in [1.29, 1.82) is 0 Å². The molecule has 1 aromatic carbocycles. The van der Waals surface area contributed by atoms with Gasteiger partial charge in [-0.1, -0.05) is 11.2 Å². The summed E-state index contributed by atoms with van der Waals surface area (Å²) in [5, 5.41) is 11.4. The Balaban J connectivity index is 2.94. The zero-order valence-electron chi connectivity index (χ0n) is 11.9. The maximum atomic E-state index is 13.9. The molecule has 0 aromatic heterocycles. The summed E-state index contributed by atoms with van der Waals surface area (Å²) in [7, 11) is 0. The molecule has 20 heavy (non-hydrogen) atoms. The van der Waals surface area contributed by atoms with E-state index in [1.807, 2.05) is 13.8 Å². The van der Waals surface area contributed by atoms with Crippen molar-refractivity contribution in [2.45, 2.75) is 33.2 Å². The van der Waals surface area contributed by atoms with Gasteiger partial charge in [0.2, 0.25) is 0 Å². The minimum atomic E-state index is -0.538. The van der Waals surface area contributed by atoms with Gasteiger partial charge in [-0.15, -0.1) is 0 Å². The van der Waals surface area contributed by atoms with Crippen LogP contribution in [0.1, 0.15) is 36.2 Å². The molecular weight excluding hydrogens is 261 g/mol. The van der Waals surface area contributed by atoms with Crippen LogP contribution < -0.4 is 5.73 Å². The fraction of sp³-hybridized carbons (Fsp3) is 0.429. The number of hydrogen-bond donors (Lipinski definition) is 2. The van der Waals surface area contributed by atoms with Crippen LogP contribution in [0.5, 0.6) is 0 Å². The molecule has 0 fully saturated rings. The molecule has 6 heteroatoms. The minimum absolute atomic E-state index is 0.0313. The van der Waals surface area contributed by atoms with Crippen molar-refractivity contribution in [3.63, 3.8) is 0 Å². The van der Waals surface area contributed by atoms with E-state index in [0.29, 0.717) is 0 Å². The summed E-state index contributed by atoms with van der Waals surface area (Å²) in [5.74, 6) is -0.902. The lowest BCUT2D eigenvalue weighted by atomic mass is 10.1.